The molecule has 1 aliphatic rings. The van der Waals surface area contributed by atoms with Crippen LogP contribution in [0, 0.1) is 10.1 Å². The van der Waals surface area contributed by atoms with E-state index >= 15 is 0 Å². The first-order valence-corrected chi connectivity index (χ1v) is 12.2. The SMILES string of the molecule is CCOC(=O)C1=C(C)NC(C)=C(C(=O)OCCN(C)Cc2ccc(OC)cc2)C1c1cccc([N+](=O)[O-])c1. The molecule has 10 heteroatoms. The highest BCUT2D eigenvalue weighted by Gasteiger charge is 2.38. The highest BCUT2D eigenvalue weighted by atomic mass is 16.6. The number of hydrogen-bond donors (Lipinski definition) is 1. The Kier molecular flexibility index (Phi) is 9.61. The number of carbonyl (C=O) groups is 2. The number of hydrogen-bond acceptors (Lipinski definition) is 9. The monoisotopic (exact) mass is 523 g/mol. The van der Waals surface area contributed by atoms with Gasteiger partial charge in [0.1, 0.15) is 12.4 Å². The van der Waals surface area contributed by atoms with Gasteiger partial charge >= 0.3 is 11.9 Å². The first-order chi connectivity index (χ1) is 18.2. The Hall–Kier alpha value is -4.18. The second-order valence-corrected chi connectivity index (χ2v) is 8.93. The molecule has 0 saturated heterocycles. The lowest BCUT2D eigenvalue weighted by molar-refractivity contribution is -0.384. The second-order valence-electron chi connectivity index (χ2n) is 8.93. The van der Waals surface area contributed by atoms with Crippen molar-refractivity contribution >= 4 is 17.6 Å². The van der Waals surface area contributed by atoms with Crippen molar-refractivity contribution in [1.29, 1.82) is 0 Å². The molecule has 0 aliphatic carbocycles. The molecule has 3 rings (SSSR count). The molecule has 0 amide bonds. The molecule has 10 nitrogen and oxygen atoms in total. The van der Waals surface area contributed by atoms with E-state index in [1.807, 2.05) is 36.2 Å². The van der Waals surface area contributed by atoms with Crippen molar-refractivity contribution in [3.8, 4) is 5.75 Å². The van der Waals surface area contributed by atoms with Crippen molar-refractivity contribution in [3.05, 3.63) is 92.3 Å². The Labute approximate surface area is 222 Å². The number of nitrogens with one attached hydrogen (secondary N) is 1. The van der Waals surface area contributed by atoms with E-state index in [2.05, 4.69) is 5.32 Å². The van der Waals surface area contributed by atoms with Crippen molar-refractivity contribution in [2.45, 2.75) is 33.2 Å². The molecule has 202 valence electrons. The van der Waals surface area contributed by atoms with Crippen LogP contribution in [0.25, 0.3) is 0 Å². The molecule has 1 atom stereocenters. The second kappa shape index (κ2) is 12.9. The molecule has 2 aromatic rings. The first-order valence-electron chi connectivity index (χ1n) is 12.2. The van der Waals surface area contributed by atoms with Crippen LogP contribution in [0.5, 0.6) is 5.75 Å². The number of methoxy groups -OCH3 is 1. The predicted molar refractivity (Wildman–Crippen MR) is 141 cm³/mol. The van der Waals surface area contributed by atoms with Gasteiger partial charge in [-0.1, -0.05) is 24.3 Å². The number of likely N-dealkylation sites (N-methyl/N-ethyl adjacent to an activating group) is 1. The lowest BCUT2D eigenvalue weighted by atomic mass is 9.80. The molecule has 38 heavy (non-hydrogen) atoms. The fourth-order valence-corrected chi connectivity index (χ4v) is 4.39. The fourth-order valence-electron chi connectivity index (χ4n) is 4.39. The summed E-state index contributed by atoms with van der Waals surface area (Å²) in [6.45, 7) is 6.47. The Morgan fingerprint density at radius 1 is 1.03 bits per heavy atom. The van der Waals surface area contributed by atoms with Crippen LogP contribution in [0.2, 0.25) is 0 Å². The number of benzene rings is 2. The number of esters is 2. The zero-order valence-corrected chi connectivity index (χ0v) is 22.3. The van der Waals surface area contributed by atoms with E-state index in [0.29, 0.717) is 30.0 Å². The van der Waals surface area contributed by atoms with Gasteiger partial charge in [-0.3, -0.25) is 15.0 Å². The summed E-state index contributed by atoms with van der Waals surface area (Å²) in [7, 11) is 3.53. The van der Waals surface area contributed by atoms with Gasteiger partial charge in [0.15, 0.2) is 0 Å². The lowest BCUT2D eigenvalue weighted by Crippen LogP contribution is -2.33. The average molecular weight is 524 g/mol. The van der Waals surface area contributed by atoms with Crippen molar-refractivity contribution in [3.63, 3.8) is 0 Å². The number of nitrogens with zero attached hydrogens (tertiary/aromatic N) is 2. The van der Waals surface area contributed by atoms with Gasteiger partial charge in [0.25, 0.3) is 5.69 Å². The highest BCUT2D eigenvalue weighted by molar-refractivity contribution is 6.00. The summed E-state index contributed by atoms with van der Waals surface area (Å²) in [5.74, 6) is -1.33. The molecule has 0 fully saturated rings. The standard InChI is InChI=1S/C28H33N3O7/c1-6-37-27(32)24-18(2)29-19(3)25(26(24)21-8-7-9-22(16-21)31(34)35)28(33)38-15-14-30(4)17-20-10-12-23(36-5)13-11-20/h7-13,16,26,29H,6,14-15,17H2,1-5H3. The predicted octanol–water partition coefficient (Wildman–Crippen LogP) is 4.08. The molecule has 1 N–H and O–H groups in total. The molecule has 1 unspecified atom stereocenters. The normalized spacial score (nSPS) is 15.3. The van der Waals surface area contributed by atoms with E-state index < -0.39 is 22.8 Å². The van der Waals surface area contributed by atoms with E-state index in [9.17, 15) is 19.7 Å². The van der Waals surface area contributed by atoms with Crippen LogP contribution in [-0.2, 0) is 25.6 Å². The van der Waals surface area contributed by atoms with E-state index in [1.165, 1.54) is 18.2 Å². The minimum absolute atomic E-state index is 0.112. The van der Waals surface area contributed by atoms with Gasteiger partial charge in [-0.2, -0.15) is 0 Å². The minimum Gasteiger partial charge on any atom is -0.497 e. The first kappa shape index (κ1) is 28.4. The van der Waals surface area contributed by atoms with Gasteiger partial charge < -0.3 is 19.5 Å². The Morgan fingerprint density at radius 2 is 1.66 bits per heavy atom. The van der Waals surface area contributed by atoms with Gasteiger partial charge in [0.2, 0.25) is 0 Å². The molecule has 0 saturated carbocycles. The Balaban J connectivity index is 1.81. The van der Waals surface area contributed by atoms with Crippen molar-refractivity contribution < 1.29 is 28.7 Å². The maximum atomic E-state index is 13.4. The van der Waals surface area contributed by atoms with Crippen LogP contribution in [0.1, 0.15) is 37.8 Å². The van der Waals surface area contributed by atoms with Gasteiger partial charge in [-0.15, -0.1) is 0 Å². The fraction of sp³-hybridized carbons (Fsp3) is 0.357. The summed E-state index contributed by atoms with van der Waals surface area (Å²) in [5, 5.41) is 14.5. The molecule has 0 spiro atoms. The maximum Gasteiger partial charge on any atom is 0.336 e. The highest BCUT2D eigenvalue weighted by Crippen LogP contribution is 2.40. The number of allylic oxidation sites excluding steroid dienone is 2. The van der Waals surface area contributed by atoms with E-state index in [4.69, 9.17) is 14.2 Å². The molecule has 0 aromatic heterocycles. The zero-order chi connectivity index (χ0) is 27.8. The summed E-state index contributed by atoms with van der Waals surface area (Å²) in [6, 6.07) is 13.6. The van der Waals surface area contributed by atoms with Crippen LogP contribution in [0.3, 0.4) is 0 Å². The average Bonchev–Trinajstić information content (AvgIpc) is 2.88. The number of nitro benzene ring substituents is 1. The van der Waals surface area contributed by atoms with E-state index in [1.54, 1.807) is 33.9 Å². The smallest absolute Gasteiger partial charge is 0.336 e. The molecular weight excluding hydrogens is 490 g/mol. The largest absolute Gasteiger partial charge is 0.497 e. The number of rotatable bonds is 11. The Morgan fingerprint density at radius 3 is 2.24 bits per heavy atom. The number of carbonyl (C=O) groups excluding carboxylic acids is 2. The summed E-state index contributed by atoms with van der Waals surface area (Å²) in [4.78, 5) is 39.3. The third-order valence-electron chi connectivity index (χ3n) is 6.21. The molecular formula is C28H33N3O7. The Bertz CT molecular complexity index is 1250. The van der Waals surface area contributed by atoms with Gasteiger partial charge in [-0.25, -0.2) is 9.59 Å². The van der Waals surface area contributed by atoms with Crippen molar-refractivity contribution in [2.75, 3.05) is 33.9 Å². The number of dihydropyridines is 1. The van der Waals surface area contributed by atoms with E-state index in [-0.39, 0.29) is 30.0 Å². The van der Waals surface area contributed by atoms with Gasteiger partial charge in [-0.05, 0) is 51.1 Å². The lowest BCUT2D eigenvalue weighted by Gasteiger charge is -2.30. The van der Waals surface area contributed by atoms with Gasteiger partial charge in [0, 0.05) is 36.6 Å². The number of nitro groups is 1. The molecule has 1 aliphatic heterocycles. The molecule has 1 heterocycles. The molecule has 0 bridgehead atoms. The summed E-state index contributed by atoms with van der Waals surface area (Å²) >= 11 is 0. The maximum absolute atomic E-state index is 13.4. The minimum atomic E-state index is -0.889. The van der Waals surface area contributed by atoms with Crippen LogP contribution < -0.4 is 10.1 Å². The topological polar surface area (TPSA) is 120 Å². The van der Waals surface area contributed by atoms with Crippen LogP contribution in [0.4, 0.5) is 5.69 Å². The summed E-state index contributed by atoms with van der Waals surface area (Å²) < 4.78 is 16.1. The molecule has 2 aromatic carbocycles. The zero-order valence-electron chi connectivity index (χ0n) is 22.3. The summed E-state index contributed by atoms with van der Waals surface area (Å²) in [6.07, 6.45) is 0. The van der Waals surface area contributed by atoms with Crippen LogP contribution in [-0.4, -0.2) is 55.7 Å². The third kappa shape index (κ3) is 6.77. The third-order valence-corrected chi connectivity index (χ3v) is 6.21. The summed E-state index contributed by atoms with van der Waals surface area (Å²) in [5.41, 5.74) is 2.79. The van der Waals surface area contributed by atoms with Gasteiger partial charge in [0.05, 0.1) is 35.7 Å². The number of non-ortho nitro benzene ring substituents is 1. The van der Waals surface area contributed by atoms with E-state index in [0.717, 1.165) is 11.3 Å². The van der Waals surface area contributed by atoms with Crippen molar-refractivity contribution in [1.82, 2.24) is 10.2 Å². The quantitative estimate of drug-likeness (QED) is 0.264. The van der Waals surface area contributed by atoms with Crippen LogP contribution in [0.15, 0.2) is 71.1 Å². The number of ether oxygens (including phenoxy) is 3. The van der Waals surface area contributed by atoms with Crippen LogP contribution >= 0.6 is 0 Å². The van der Waals surface area contributed by atoms with Crippen molar-refractivity contribution in [2.24, 2.45) is 0 Å². The molecule has 0 radical (unpaired) electrons.